The molecule has 0 nitrogen and oxygen atoms in total. The Kier molecular flexibility index (Phi) is 420. The van der Waals surface area contributed by atoms with E-state index in [1.54, 1.807) is 0 Å². The van der Waals surface area contributed by atoms with Crippen molar-refractivity contribution in [1.29, 1.82) is 0 Å². The Bertz CT molecular complexity index is 6.04. The minimum atomic E-state index is 0. The van der Waals surface area contributed by atoms with Gasteiger partial charge in [-0.1, -0.05) is 0 Å². The zero-order chi connectivity index (χ0) is 0. The van der Waals surface area contributed by atoms with Gasteiger partial charge in [0.25, 0.3) is 0 Å². The largest absolute Gasteiger partial charge is 3.00 e. The zero-order valence-electron chi connectivity index (χ0n) is 2.42. The fourth-order valence-electron chi connectivity index (χ4n) is 0. The number of hydrogen-bond acceptors (Lipinski definition) is 0. The predicted molar refractivity (Wildman–Crippen MR) is 0 cm³/mol. The van der Waals surface area contributed by atoms with Gasteiger partial charge in [0.15, 0.2) is 0 Å². The first-order chi connectivity index (χ1) is 0. The quantitative estimate of drug-likeness (QED) is 0.296. The molecule has 0 aliphatic heterocycles. The number of hydrogen-bond donors (Lipinski definition) is 0. The van der Waals surface area contributed by atoms with Crippen LogP contribution in [0.3, 0.4) is 0 Å². The fraction of sp³-hybridized carbons (Fsp3) is 0. The molecule has 0 aromatic heterocycles. The smallest absolute Gasteiger partial charge is 1.00 e. The van der Waals surface area contributed by atoms with Gasteiger partial charge < -0.3 is 62.0 Å². The molecule has 0 rings (SSSR count). The molecule has 0 heterocycles. The Morgan fingerprint density at radius 3 is 0.429 bits per heavy atom. The van der Waals surface area contributed by atoms with Crippen molar-refractivity contribution < 1.29 is 156 Å². The van der Waals surface area contributed by atoms with Gasteiger partial charge in [-0.25, -0.2) is 0 Å². The fourth-order valence-corrected chi connectivity index (χ4v) is 0. The molecule has 0 unspecified atom stereocenters. The van der Waals surface area contributed by atoms with Gasteiger partial charge in [0, 0.05) is 0 Å². The molecule has 0 saturated heterocycles. The van der Waals surface area contributed by atoms with Crippen molar-refractivity contribution in [3.63, 3.8) is 0 Å². The van der Waals surface area contributed by atoms with Crippen molar-refractivity contribution in [3.05, 3.63) is 0 Å². The molecular formula is Cl5Yb2. The average molecular weight is 523 g/mol. The summed E-state index contributed by atoms with van der Waals surface area (Å²) in [4.78, 5) is 0. The number of rotatable bonds is 0. The van der Waals surface area contributed by atoms with Crippen LogP contribution in [-0.2, 0) is 0 Å². The minimum absolute atomic E-state index is 0. The number of halogens is 5. The molecule has 7 heavy (non-hydrogen) atoms. The molecule has 0 aromatic carbocycles. The van der Waals surface area contributed by atoms with E-state index in [1.807, 2.05) is 0 Å². The maximum atomic E-state index is 0. The summed E-state index contributed by atoms with van der Waals surface area (Å²) in [7, 11) is 0. The van der Waals surface area contributed by atoms with E-state index < -0.39 is 0 Å². The van der Waals surface area contributed by atoms with Crippen LogP contribution < -0.4 is 62.0 Å². The van der Waals surface area contributed by atoms with Crippen molar-refractivity contribution >= 4 is 0 Å². The van der Waals surface area contributed by atoms with Crippen LogP contribution in [0.15, 0.2) is 0 Å². The summed E-state index contributed by atoms with van der Waals surface area (Å²) in [5, 5.41) is 0. The molecule has 0 N–H and O–H groups in total. The second-order valence-corrected chi connectivity index (χ2v) is 0. The first kappa shape index (κ1) is 62.7. The van der Waals surface area contributed by atoms with Crippen LogP contribution >= 0.6 is 0 Å². The monoisotopic (exact) mass is 523 g/mol. The van der Waals surface area contributed by atoms with Crippen LogP contribution in [-0.4, -0.2) is 0 Å². The van der Waals surface area contributed by atoms with E-state index in [1.165, 1.54) is 0 Å². The van der Waals surface area contributed by atoms with Gasteiger partial charge in [0.05, 0.1) is 0 Å². The molecule has 0 aromatic rings. The Morgan fingerprint density at radius 2 is 0.429 bits per heavy atom. The summed E-state index contributed by atoms with van der Waals surface area (Å²) in [6, 6.07) is 0. The van der Waals surface area contributed by atoms with Crippen molar-refractivity contribution in [1.82, 2.24) is 0 Å². The summed E-state index contributed by atoms with van der Waals surface area (Å²) in [6.45, 7) is 0. The topological polar surface area (TPSA) is 0 Å². The molecule has 0 aliphatic rings. The normalized spacial score (nSPS) is 0. The summed E-state index contributed by atoms with van der Waals surface area (Å²) in [5.74, 6) is 0. The van der Waals surface area contributed by atoms with Gasteiger partial charge in [-0.2, -0.15) is 0 Å². The first-order valence-corrected chi connectivity index (χ1v) is 0. The van der Waals surface area contributed by atoms with Crippen LogP contribution in [0.5, 0.6) is 0 Å². The van der Waals surface area contributed by atoms with Crippen LogP contribution in [0.25, 0.3) is 0 Å². The van der Waals surface area contributed by atoms with E-state index in [9.17, 15) is 0 Å². The van der Waals surface area contributed by atoms with Gasteiger partial charge in [-0.05, 0) is 0 Å². The van der Waals surface area contributed by atoms with E-state index in [-0.39, 0.29) is 156 Å². The first-order valence-electron chi connectivity index (χ1n) is 0. The standard InChI is InChI=1S/5ClH.2Yb/h5*1H;;/q;;;;;+2;+3/p-5. The predicted octanol–water partition coefficient (Wildman–Crippen LogP) is -15.0. The summed E-state index contributed by atoms with van der Waals surface area (Å²) in [5.41, 5.74) is 0. The molecule has 0 spiro atoms. The summed E-state index contributed by atoms with van der Waals surface area (Å²) in [6.07, 6.45) is 0. The molecule has 1 radical (unpaired) electrons. The Hall–Kier alpha value is 4.49. The maximum Gasteiger partial charge on any atom is 3.00 e. The zero-order valence-corrected chi connectivity index (χ0v) is 9.63. The van der Waals surface area contributed by atoms with Crippen molar-refractivity contribution in [2.45, 2.75) is 0 Å². The van der Waals surface area contributed by atoms with E-state index >= 15 is 0 Å². The summed E-state index contributed by atoms with van der Waals surface area (Å²) >= 11 is 0. The Labute approximate surface area is 152 Å². The summed E-state index contributed by atoms with van der Waals surface area (Å²) < 4.78 is 0. The van der Waals surface area contributed by atoms with Gasteiger partial charge in [0.2, 0.25) is 0 Å². The molecule has 0 bridgehead atoms. The third kappa shape index (κ3) is 37.5. The van der Waals surface area contributed by atoms with Gasteiger partial charge >= 0.3 is 93.8 Å². The van der Waals surface area contributed by atoms with Crippen LogP contribution in [0, 0.1) is 93.8 Å². The van der Waals surface area contributed by atoms with E-state index in [4.69, 9.17) is 0 Å². The Morgan fingerprint density at radius 1 is 0.429 bits per heavy atom. The van der Waals surface area contributed by atoms with Crippen molar-refractivity contribution in [2.24, 2.45) is 0 Å². The van der Waals surface area contributed by atoms with Crippen LogP contribution in [0.4, 0.5) is 0 Å². The third-order valence-corrected chi connectivity index (χ3v) is 0. The second kappa shape index (κ2) is 46.9. The van der Waals surface area contributed by atoms with Crippen molar-refractivity contribution in [3.8, 4) is 0 Å². The molecule has 0 saturated carbocycles. The van der Waals surface area contributed by atoms with E-state index in [0.717, 1.165) is 0 Å². The second-order valence-electron chi connectivity index (χ2n) is 0. The molecule has 7 heteroatoms. The Balaban J connectivity index is 0. The van der Waals surface area contributed by atoms with E-state index in [0.29, 0.717) is 0 Å². The van der Waals surface area contributed by atoms with Gasteiger partial charge in [-0.3, -0.25) is 0 Å². The minimum Gasteiger partial charge on any atom is -1.00 e. The maximum absolute atomic E-state index is 0. The van der Waals surface area contributed by atoms with Gasteiger partial charge in [-0.15, -0.1) is 0 Å². The molecular weight excluding hydrogens is 523 g/mol. The van der Waals surface area contributed by atoms with Crippen LogP contribution in [0.1, 0.15) is 0 Å². The molecule has 63 valence electrons. The SMILES string of the molecule is [Cl-].[Cl-].[Cl-].[Cl-].[Cl-].[Yb+2].[Yb+3]. The molecule has 0 amide bonds. The third-order valence-electron chi connectivity index (χ3n) is 0. The van der Waals surface area contributed by atoms with Crippen LogP contribution in [0.2, 0.25) is 0 Å². The van der Waals surface area contributed by atoms with Crippen molar-refractivity contribution in [2.75, 3.05) is 0 Å². The molecule has 0 atom stereocenters. The molecule has 0 fully saturated rings. The molecule has 0 aliphatic carbocycles. The van der Waals surface area contributed by atoms with Gasteiger partial charge in [0.1, 0.15) is 0 Å². The average Bonchev–Trinajstić information content (AvgIpc) is 0. The van der Waals surface area contributed by atoms with E-state index in [2.05, 4.69) is 0 Å².